The summed E-state index contributed by atoms with van der Waals surface area (Å²) in [5.74, 6) is 0. The fourth-order valence-corrected chi connectivity index (χ4v) is 7.82. The lowest BCUT2D eigenvalue weighted by Gasteiger charge is -2.18. The van der Waals surface area contributed by atoms with E-state index in [0.29, 0.717) is 5.56 Å². The lowest BCUT2D eigenvalue weighted by Crippen LogP contribution is -1.91. The third-order valence-electron chi connectivity index (χ3n) is 9.96. The molecule has 0 saturated carbocycles. The number of hydrogen-bond donors (Lipinski definition) is 0. The summed E-state index contributed by atoms with van der Waals surface area (Å²) in [6.07, 6.45) is 0. The van der Waals surface area contributed by atoms with Crippen LogP contribution < -0.4 is 0 Å². The third-order valence-corrected chi connectivity index (χ3v) is 9.96. The van der Waals surface area contributed by atoms with Gasteiger partial charge >= 0.3 is 0 Å². The molecule has 210 valence electrons. The number of benzene rings is 10. The second-order valence-electron chi connectivity index (χ2n) is 12.4. The van der Waals surface area contributed by atoms with E-state index in [1.807, 2.05) is 12.1 Å². The molecule has 0 heterocycles. The quantitative estimate of drug-likeness (QED) is 0.191. The molecule has 0 N–H and O–H groups in total. The van der Waals surface area contributed by atoms with E-state index in [0.717, 1.165) is 11.1 Å². The van der Waals surface area contributed by atoms with Crippen LogP contribution in [0.3, 0.4) is 0 Å². The van der Waals surface area contributed by atoms with E-state index >= 15 is 0 Å². The second-order valence-corrected chi connectivity index (χ2v) is 12.4. The summed E-state index contributed by atoms with van der Waals surface area (Å²) in [4.78, 5) is 0. The number of rotatable bonds is 3. The maximum absolute atomic E-state index is 9.47. The molecule has 10 aromatic carbocycles. The van der Waals surface area contributed by atoms with Crippen LogP contribution in [0.2, 0.25) is 0 Å². The Bertz CT molecular complexity index is 2650. The molecule has 0 radical (unpaired) electrons. The molecule has 0 amide bonds. The van der Waals surface area contributed by atoms with Crippen LogP contribution in [0.15, 0.2) is 152 Å². The van der Waals surface area contributed by atoms with Gasteiger partial charge in [-0.25, -0.2) is 0 Å². The highest BCUT2D eigenvalue weighted by atomic mass is 14.2. The molecule has 0 aliphatic rings. The van der Waals surface area contributed by atoms with E-state index in [2.05, 4.69) is 146 Å². The Balaban J connectivity index is 1.28. The largest absolute Gasteiger partial charge is 0.192 e. The predicted octanol–water partition coefficient (Wildman–Crippen LogP) is 12.4. The zero-order valence-electron chi connectivity index (χ0n) is 24.9. The highest BCUT2D eigenvalue weighted by Crippen LogP contribution is 2.44. The van der Waals surface area contributed by atoms with E-state index in [4.69, 9.17) is 0 Å². The van der Waals surface area contributed by atoms with E-state index in [1.165, 1.54) is 86.9 Å². The zero-order chi connectivity index (χ0) is 30.4. The lowest BCUT2D eigenvalue weighted by atomic mass is 9.86. The Hall–Kier alpha value is -6.23. The predicted molar refractivity (Wildman–Crippen MR) is 195 cm³/mol. The van der Waals surface area contributed by atoms with Gasteiger partial charge in [0.25, 0.3) is 0 Å². The van der Waals surface area contributed by atoms with Gasteiger partial charge in [-0.3, -0.25) is 0 Å². The number of nitriles is 1. The summed E-state index contributed by atoms with van der Waals surface area (Å²) in [5, 5.41) is 24.9. The maximum atomic E-state index is 9.47. The molecule has 0 aromatic heterocycles. The molecule has 1 heteroatoms. The average Bonchev–Trinajstić information content (AvgIpc) is 3.12. The molecular weight excluding hydrogens is 555 g/mol. The first-order chi connectivity index (χ1) is 22.7. The Kier molecular flexibility index (Phi) is 5.13. The molecule has 0 aliphatic heterocycles. The Labute approximate surface area is 265 Å². The fraction of sp³-hybridized carbons (Fsp3) is 0. The van der Waals surface area contributed by atoms with Gasteiger partial charge in [0.2, 0.25) is 0 Å². The first-order valence-corrected chi connectivity index (χ1v) is 15.7. The summed E-state index contributed by atoms with van der Waals surface area (Å²) in [6, 6.07) is 57.6. The van der Waals surface area contributed by atoms with Crippen molar-refractivity contribution in [2.75, 3.05) is 0 Å². The van der Waals surface area contributed by atoms with Crippen LogP contribution in [0.1, 0.15) is 5.56 Å². The van der Waals surface area contributed by atoms with Crippen molar-refractivity contribution >= 4 is 64.6 Å². The summed E-state index contributed by atoms with van der Waals surface area (Å²) >= 11 is 0. The molecule has 0 spiro atoms. The zero-order valence-corrected chi connectivity index (χ0v) is 24.9. The van der Waals surface area contributed by atoms with E-state index < -0.39 is 0 Å². The fourth-order valence-electron chi connectivity index (χ4n) is 7.82. The van der Waals surface area contributed by atoms with Crippen molar-refractivity contribution in [2.24, 2.45) is 0 Å². The van der Waals surface area contributed by atoms with Gasteiger partial charge in [-0.2, -0.15) is 5.26 Å². The molecule has 0 unspecified atom stereocenters. The van der Waals surface area contributed by atoms with Crippen molar-refractivity contribution in [1.82, 2.24) is 0 Å². The minimum absolute atomic E-state index is 0.665. The Morgan fingerprint density at radius 3 is 1.17 bits per heavy atom. The average molecular weight is 580 g/mol. The van der Waals surface area contributed by atoms with E-state index in [-0.39, 0.29) is 0 Å². The van der Waals surface area contributed by atoms with Gasteiger partial charge in [-0.1, -0.05) is 121 Å². The summed E-state index contributed by atoms with van der Waals surface area (Å²) in [6.45, 7) is 0. The van der Waals surface area contributed by atoms with Crippen molar-refractivity contribution in [3.8, 4) is 39.4 Å². The molecule has 0 fully saturated rings. The molecule has 0 aliphatic carbocycles. The minimum Gasteiger partial charge on any atom is -0.192 e. The Morgan fingerprint density at radius 1 is 0.326 bits per heavy atom. The molecule has 0 atom stereocenters. The van der Waals surface area contributed by atoms with Crippen molar-refractivity contribution in [1.29, 1.82) is 5.26 Å². The standard InChI is InChI=1S/C45H25N/c46-26-27-7-9-28(10-8-27)35-23-36(38-19-15-33-13-11-29-3-1-5-31-17-21-40(38)44(33)42(29)31)25-37(24-35)39-20-16-34-14-12-30-4-2-6-32-18-22-41(39)45(34)43(30)32/h1-25H. The van der Waals surface area contributed by atoms with Crippen LogP contribution in [0.25, 0.3) is 98.0 Å². The Morgan fingerprint density at radius 2 is 0.717 bits per heavy atom. The highest BCUT2D eigenvalue weighted by Gasteiger charge is 2.17. The SMILES string of the molecule is N#Cc1ccc(-c2cc(-c3ccc4ccc5cccc6ccc3c4c56)cc(-c3ccc4ccc5cccc6ccc3c4c56)c2)cc1. The third kappa shape index (κ3) is 3.56. The molecule has 10 aromatic rings. The normalized spacial score (nSPS) is 11.9. The second kappa shape index (κ2) is 9.38. The van der Waals surface area contributed by atoms with Crippen LogP contribution in [0, 0.1) is 11.3 Å². The van der Waals surface area contributed by atoms with Crippen molar-refractivity contribution < 1.29 is 0 Å². The summed E-state index contributed by atoms with van der Waals surface area (Å²) < 4.78 is 0. The van der Waals surface area contributed by atoms with Gasteiger partial charge < -0.3 is 0 Å². The minimum atomic E-state index is 0.665. The van der Waals surface area contributed by atoms with Crippen molar-refractivity contribution in [2.45, 2.75) is 0 Å². The first kappa shape index (κ1) is 25.1. The lowest BCUT2D eigenvalue weighted by molar-refractivity contribution is 1.48. The number of hydrogen-bond acceptors (Lipinski definition) is 1. The molecule has 46 heavy (non-hydrogen) atoms. The summed E-state index contributed by atoms with van der Waals surface area (Å²) in [5.41, 5.74) is 7.70. The van der Waals surface area contributed by atoms with Crippen LogP contribution in [0.4, 0.5) is 0 Å². The first-order valence-electron chi connectivity index (χ1n) is 15.7. The van der Waals surface area contributed by atoms with Crippen molar-refractivity contribution in [3.63, 3.8) is 0 Å². The topological polar surface area (TPSA) is 23.8 Å². The van der Waals surface area contributed by atoms with Gasteiger partial charge in [-0.15, -0.1) is 0 Å². The van der Waals surface area contributed by atoms with Gasteiger partial charge in [0.05, 0.1) is 11.6 Å². The van der Waals surface area contributed by atoms with Crippen LogP contribution in [-0.2, 0) is 0 Å². The molecule has 0 bridgehead atoms. The molecular formula is C45H25N. The van der Waals surface area contributed by atoms with Crippen LogP contribution in [-0.4, -0.2) is 0 Å². The molecule has 1 nitrogen and oxygen atoms in total. The van der Waals surface area contributed by atoms with Gasteiger partial charge in [-0.05, 0) is 128 Å². The smallest absolute Gasteiger partial charge is 0.0991 e. The van der Waals surface area contributed by atoms with Gasteiger partial charge in [0.15, 0.2) is 0 Å². The molecule has 10 rings (SSSR count). The van der Waals surface area contributed by atoms with Gasteiger partial charge in [0, 0.05) is 0 Å². The van der Waals surface area contributed by atoms with Crippen LogP contribution >= 0.6 is 0 Å². The summed E-state index contributed by atoms with van der Waals surface area (Å²) in [7, 11) is 0. The molecule has 0 saturated heterocycles. The highest BCUT2D eigenvalue weighted by molar-refractivity contribution is 6.27. The monoisotopic (exact) mass is 579 g/mol. The van der Waals surface area contributed by atoms with E-state index in [1.54, 1.807) is 0 Å². The van der Waals surface area contributed by atoms with Crippen molar-refractivity contribution in [3.05, 3.63) is 157 Å². The van der Waals surface area contributed by atoms with Gasteiger partial charge in [0.1, 0.15) is 0 Å². The van der Waals surface area contributed by atoms with E-state index in [9.17, 15) is 5.26 Å². The maximum Gasteiger partial charge on any atom is 0.0991 e. The van der Waals surface area contributed by atoms with Crippen LogP contribution in [0.5, 0.6) is 0 Å². The number of nitrogens with zero attached hydrogens (tertiary/aromatic N) is 1.